The van der Waals surface area contributed by atoms with Gasteiger partial charge in [0.15, 0.2) is 0 Å². The monoisotopic (exact) mass is 319 g/mol. The molecule has 0 spiro atoms. The summed E-state index contributed by atoms with van der Waals surface area (Å²) in [6.07, 6.45) is 6.65. The van der Waals surface area contributed by atoms with Crippen LogP contribution >= 0.6 is 23.4 Å². The molecule has 21 heavy (non-hydrogen) atoms. The molecule has 0 amide bonds. The molecule has 0 saturated heterocycles. The second kappa shape index (κ2) is 6.29. The van der Waals surface area contributed by atoms with Gasteiger partial charge in [-0.25, -0.2) is 4.98 Å². The van der Waals surface area contributed by atoms with Gasteiger partial charge in [-0.1, -0.05) is 6.42 Å². The van der Waals surface area contributed by atoms with E-state index < -0.39 is 0 Å². The van der Waals surface area contributed by atoms with Gasteiger partial charge in [0.05, 0.1) is 22.7 Å². The van der Waals surface area contributed by atoms with Crippen molar-refractivity contribution in [3.05, 3.63) is 29.6 Å². The molecule has 1 heterocycles. The van der Waals surface area contributed by atoms with Crippen molar-refractivity contribution in [2.75, 3.05) is 12.1 Å². The van der Waals surface area contributed by atoms with Gasteiger partial charge in [0, 0.05) is 23.6 Å². The fourth-order valence-electron chi connectivity index (χ4n) is 3.32. The number of benzene rings is 1. The van der Waals surface area contributed by atoms with E-state index in [1.807, 2.05) is 30.0 Å². The van der Waals surface area contributed by atoms with Crippen molar-refractivity contribution in [3.63, 3.8) is 0 Å². The van der Waals surface area contributed by atoms with Crippen molar-refractivity contribution >= 4 is 34.4 Å². The van der Waals surface area contributed by atoms with Gasteiger partial charge < -0.3 is 4.57 Å². The van der Waals surface area contributed by atoms with Crippen molar-refractivity contribution in [3.8, 4) is 6.07 Å². The van der Waals surface area contributed by atoms with Crippen LogP contribution in [0.3, 0.4) is 0 Å². The van der Waals surface area contributed by atoms with Crippen LogP contribution in [0, 0.1) is 11.3 Å². The van der Waals surface area contributed by atoms with Gasteiger partial charge in [0.1, 0.15) is 5.82 Å². The van der Waals surface area contributed by atoms with E-state index in [0.717, 1.165) is 23.3 Å². The Bertz CT molecular complexity index is 689. The van der Waals surface area contributed by atoms with Crippen LogP contribution in [0.5, 0.6) is 0 Å². The molecule has 1 aromatic carbocycles. The summed E-state index contributed by atoms with van der Waals surface area (Å²) in [7, 11) is 0. The SMILES string of the molecule is CSC1CCCC1n1c(CCCl)nc2ccc(C#N)cc21. The molecule has 1 aromatic heterocycles. The van der Waals surface area contributed by atoms with Crippen molar-refractivity contribution in [2.24, 2.45) is 0 Å². The number of hydrogen-bond acceptors (Lipinski definition) is 3. The predicted octanol–water partition coefficient (Wildman–Crippen LogP) is 4.15. The molecule has 3 nitrogen and oxygen atoms in total. The number of nitriles is 1. The molecule has 1 fully saturated rings. The highest BCUT2D eigenvalue weighted by Crippen LogP contribution is 2.40. The number of halogens is 1. The first kappa shape index (κ1) is 14.7. The zero-order chi connectivity index (χ0) is 14.8. The molecule has 2 atom stereocenters. The first-order valence-electron chi connectivity index (χ1n) is 7.28. The van der Waals surface area contributed by atoms with Crippen LogP contribution < -0.4 is 0 Å². The zero-order valence-electron chi connectivity index (χ0n) is 12.1. The van der Waals surface area contributed by atoms with Crippen LogP contribution in [0.1, 0.15) is 36.7 Å². The number of fused-ring (bicyclic) bond motifs is 1. The van der Waals surface area contributed by atoms with Gasteiger partial charge in [0.2, 0.25) is 0 Å². The fraction of sp³-hybridized carbons (Fsp3) is 0.500. The average Bonchev–Trinajstić information content (AvgIpc) is 3.09. The zero-order valence-corrected chi connectivity index (χ0v) is 13.6. The summed E-state index contributed by atoms with van der Waals surface area (Å²) in [5.74, 6) is 1.63. The number of aryl methyl sites for hydroxylation is 1. The maximum absolute atomic E-state index is 9.16. The lowest BCUT2D eigenvalue weighted by Gasteiger charge is -2.22. The van der Waals surface area contributed by atoms with E-state index in [1.165, 1.54) is 19.3 Å². The summed E-state index contributed by atoms with van der Waals surface area (Å²) in [5, 5.41) is 9.78. The predicted molar refractivity (Wildman–Crippen MR) is 89.1 cm³/mol. The Labute approximate surface area is 134 Å². The van der Waals surface area contributed by atoms with Gasteiger partial charge >= 0.3 is 0 Å². The molecule has 3 rings (SSSR count). The Balaban J connectivity index is 2.17. The fourth-order valence-corrected chi connectivity index (χ4v) is 4.46. The molecule has 110 valence electrons. The second-order valence-electron chi connectivity index (χ2n) is 5.42. The van der Waals surface area contributed by atoms with E-state index in [0.29, 0.717) is 22.7 Å². The highest BCUT2D eigenvalue weighted by Gasteiger charge is 2.30. The lowest BCUT2D eigenvalue weighted by Crippen LogP contribution is -2.18. The van der Waals surface area contributed by atoms with Crippen LogP contribution in [-0.2, 0) is 6.42 Å². The first-order valence-corrected chi connectivity index (χ1v) is 9.10. The lowest BCUT2D eigenvalue weighted by molar-refractivity contribution is 0.522. The van der Waals surface area contributed by atoms with E-state index in [-0.39, 0.29) is 0 Å². The minimum absolute atomic E-state index is 0.470. The molecule has 0 aliphatic heterocycles. The summed E-state index contributed by atoms with van der Waals surface area (Å²) in [6, 6.07) is 8.46. The molecular weight excluding hydrogens is 302 g/mol. The molecule has 0 radical (unpaired) electrons. The molecule has 2 aromatic rings. The Kier molecular flexibility index (Phi) is 4.42. The molecule has 1 saturated carbocycles. The van der Waals surface area contributed by atoms with Crippen molar-refractivity contribution in [2.45, 2.75) is 37.0 Å². The number of nitrogens with zero attached hydrogens (tertiary/aromatic N) is 3. The van der Waals surface area contributed by atoms with Crippen LogP contribution in [0.2, 0.25) is 0 Å². The third-order valence-electron chi connectivity index (χ3n) is 4.26. The summed E-state index contributed by atoms with van der Waals surface area (Å²) in [6.45, 7) is 0. The van der Waals surface area contributed by atoms with Crippen LogP contribution in [-0.4, -0.2) is 26.9 Å². The minimum Gasteiger partial charge on any atom is -0.324 e. The number of aromatic nitrogens is 2. The largest absolute Gasteiger partial charge is 0.324 e. The summed E-state index contributed by atoms with van der Waals surface area (Å²) in [4.78, 5) is 4.75. The summed E-state index contributed by atoms with van der Waals surface area (Å²) >= 11 is 7.90. The maximum Gasteiger partial charge on any atom is 0.111 e. The summed E-state index contributed by atoms with van der Waals surface area (Å²) in [5.41, 5.74) is 2.75. The number of hydrogen-bond donors (Lipinski definition) is 0. The van der Waals surface area contributed by atoms with Gasteiger partial charge in [0.25, 0.3) is 0 Å². The Morgan fingerprint density at radius 1 is 1.48 bits per heavy atom. The normalized spacial score (nSPS) is 21.8. The molecule has 0 N–H and O–H groups in total. The minimum atomic E-state index is 0.470. The Hall–Kier alpha value is -1.18. The van der Waals surface area contributed by atoms with Crippen LogP contribution in [0.15, 0.2) is 18.2 Å². The number of thioether (sulfide) groups is 1. The van der Waals surface area contributed by atoms with Crippen LogP contribution in [0.25, 0.3) is 11.0 Å². The number of imidazole rings is 1. The molecular formula is C16H18ClN3S. The topological polar surface area (TPSA) is 41.6 Å². The van der Waals surface area contributed by atoms with Gasteiger partial charge in [-0.15, -0.1) is 11.6 Å². The van der Waals surface area contributed by atoms with Crippen LogP contribution in [0.4, 0.5) is 0 Å². The number of rotatable bonds is 4. The lowest BCUT2D eigenvalue weighted by atomic mass is 10.2. The van der Waals surface area contributed by atoms with Gasteiger partial charge in [-0.2, -0.15) is 17.0 Å². The van der Waals surface area contributed by atoms with E-state index in [2.05, 4.69) is 16.9 Å². The highest BCUT2D eigenvalue weighted by atomic mass is 35.5. The number of alkyl halides is 1. The third-order valence-corrected chi connectivity index (χ3v) is 5.61. The summed E-state index contributed by atoms with van der Waals surface area (Å²) < 4.78 is 2.35. The van der Waals surface area contributed by atoms with E-state index in [4.69, 9.17) is 21.8 Å². The van der Waals surface area contributed by atoms with Gasteiger partial charge in [-0.05, 0) is 37.3 Å². The molecule has 2 unspecified atom stereocenters. The van der Waals surface area contributed by atoms with E-state index in [9.17, 15) is 0 Å². The van der Waals surface area contributed by atoms with Crippen molar-refractivity contribution in [1.82, 2.24) is 9.55 Å². The molecule has 5 heteroatoms. The van der Waals surface area contributed by atoms with Gasteiger partial charge in [-0.3, -0.25) is 0 Å². The maximum atomic E-state index is 9.16. The second-order valence-corrected chi connectivity index (χ2v) is 6.88. The average molecular weight is 320 g/mol. The van der Waals surface area contributed by atoms with Crippen molar-refractivity contribution < 1.29 is 0 Å². The Morgan fingerprint density at radius 2 is 2.33 bits per heavy atom. The smallest absolute Gasteiger partial charge is 0.111 e. The molecule has 1 aliphatic carbocycles. The standard InChI is InChI=1S/C16H18ClN3S/c1-21-15-4-2-3-13(15)20-14-9-11(10-18)5-6-12(14)19-16(20)7-8-17/h5-6,9,13,15H,2-4,7-8H2,1H3. The molecule has 1 aliphatic rings. The quantitative estimate of drug-likeness (QED) is 0.795. The highest BCUT2D eigenvalue weighted by molar-refractivity contribution is 7.99. The first-order chi connectivity index (χ1) is 10.3. The van der Waals surface area contributed by atoms with E-state index in [1.54, 1.807) is 0 Å². The Morgan fingerprint density at radius 3 is 3.05 bits per heavy atom. The van der Waals surface area contributed by atoms with E-state index >= 15 is 0 Å². The van der Waals surface area contributed by atoms with Crippen molar-refractivity contribution in [1.29, 1.82) is 5.26 Å². The molecule has 0 bridgehead atoms. The third kappa shape index (κ3) is 2.65.